The van der Waals surface area contributed by atoms with Gasteiger partial charge in [0.2, 0.25) is 5.82 Å². The fourth-order valence-corrected chi connectivity index (χ4v) is 3.74. The molecule has 11 nitrogen and oxygen atoms in total. The molecule has 1 amide bonds. The van der Waals surface area contributed by atoms with Crippen molar-refractivity contribution in [2.24, 2.45) is 7.05 Å². The molecule has 0 atom stereocenters. The van der Waals surface area contributed by atoms with Crippen LogP contribution in [0.4, 0.5) is 0 Å². The molecule has 33 heavy (non-hydrogen) atoms. The van der Waals surface area contributed by atoms with Crippen LogP contribution in [0.3, 0.4) is 0 Å². The summed E-state index contributed by atoms with van der Waals surface area (Å²) in [6.45, 7) is 5.19. The van der Waals surface area contributed by atoms with Gasteiger partial charge < -0.3 is 14.7 Å². The third-order valence-electron chi connectivity index (χ3n) is 5.70. The number of aryl methyl sites for hydroxylation is 1. The zero-order valence-corrected chi connectivity index (χ0v) is 18.8. The summed E-state index contributed by atoms with van der Waals surface area (Å²) in [5.74, 6) is -0.945. The van der Waals surface area contributed by atoms with Crippen LogP contribution in [0.25, 0.3) is 17.2 Å². The monoisotopic (exact) mass is 453 g/mol. The molecule has 4 rings (SSSR count). The van der Waals surface area contributed by atoms with E-state index in [2.05, 4.69) is 25.5 Å². The standard InChI is InChI=1S/C22H27N7O4/c1-15-7-9-16(10-8-15)29-22(32)27(2)21(31)17(25-29)18-24-20(33-26-18)19(30)23-11-14-28-12-5-3-4-6-13-28/h7-10H,3-6,11-14H2,1-2H3,(H,23,30). The molecule has 0 bridgehead atoms. The number of hydrogen-bond acceptors (Lipinski definition) is 8. The van der Waals surface area contributed by atoms with Crippen LogP contribution in [0.15, 0.2) is 38.4 Å². The summed E-state index contributed by atoms with van der Waals surface area (Å²) in [5.41, 5.74) is 0.0174. The topological polar surface area (TPSA) is 128 Å². The van der Waals surface area contributed by atoms with Crippen LogP contribution in [0.5, 0.6) is 0 Å². The number of carbonyl (C=O) groups excluding carboxylic acids is 1. The molecule has 3 aromatic rings. The average molecular weight is 454 g/mol. The van der Waals surface area contributed by atoms with Gasteiger partial charge in [-0.2, -0.15) is 14.8 Å². The van der Waals surface area contributed by atoms with Crippen LogP contribution in [-0.4, -0.2) is 61.5 Å². The van der Waals surface area contributed by atoms with E-state index >= 15 is 0 Å². The molecule has 1 aliphatic heterocycles. The van der Waals surface area contributed by atoms with E-state index in [0.29, 0.717) is 12.2 Å². The predicted octanol–water partition coefficient (Wildman–Crippen LogP) is 0.895. The van der Waals surface area contributed by atoms with Crippen molar-refractivity contribution in [1.29, 1.82) is 0 Å². The van der Waals surface area contributed by atoms with E-state index in [0.717, 1.165) is 34.4 Å². The Hall–Kier alpha value is -3.60. The van der Waals surface area contributed by atoms with Gasteiger partial charge in [0.15, 0.2) is 5.69 Å². The van der Waals surface area contributed by atoms with Gasteiger partial charge in [0.1, 0.15) is 0 Å². The van der Waals surface area contributed by atoms with Gasteiger partial charge in [0.05, 0.1) is 5.69 Å². The van der Waals surface area contributed by atoms with E-state index in [9.17, 15) is 14.4 Å². The summed E-state index contributed by atoms with van der Waals surface area (Å²) in [5, 5.41) is 10.7. The van der Waals surface area contributed by atoms with Crippen LogP contribution in [0.1, 0.15) is 41.9 Å². The van der Waals surface area contributed by atoms with Crippen LogP contribution < -0.4 is 16.6 Å². The first kappa shape index (κ1) is 22.6. The Morgan fingerprint density at radius 2 is 1.79 bits per heavy atom. The third-order valence-corrected chi connectivity index (χ3v) is 5.70. The van der Waals surface area contributed by atoms with Crippen molar-refractivity contribution < 1.29 is 9.32 Å². The molecule has 1 saturated heterocycles. The van der Waals surface area contributed by atoms with Gasteiger partial charge in [-0.05, 0) is 45.0 Å². The van der Waals surface area contributed by atoms with Gasteiger partial charge in [0, 0.05) is 20.1 Å². The maximum Gasteiger partial charge on any atom is 0.351 e. The highest BCUT2D eigenvalue weighted by molar-refractivity contribution is 5.89. The molecule has 0 spiro atoms. The molecular formula is C22H27N7O4. The van der Waals surface area contributed by atoms with Crippen molar-refractivity contribution in [2.75, 3.05) is 26.2 Å². The quantitative estimate of drug-likeness (QED) is 0.583. The van der Waals surface area contributed by atoms with E-state index in [1.54, 1.807) is 12.1 Å². The molecule has 0 aliphatic carbocycles. The number of hydrogen-bond donors (Lipinski definition) is 1. The Morgan fingerprint density at radius 1 is 1.09 bits per heavy atom. The summed E-state index contributed by atoms with van der Waals surface area (Å²) in [7, 11) is 1.34. The summed E-state index contributed by atoms with van der Waals surface area (Å²) in [6.07, 6.45) is 4.85. The van der Waals surface area contributed by atoms with Crippen molar-refractivity contribution in [3.8, 4) is 17.2 Å². The average Bonchev–Trinajstić information content (AvgIpc) is 3.16. The smallest absolute Gasteiger partial charge is 0.347 e. The minimum atomic E-state index is -0.683. The van der Waals surface area contributed by atoms with Crippen molar-refractivity contribution in [3.05, 3.63) is 56.6 Å². The number of likely N-dealkylation sites (tertiary alicyclic amines) is 1. The second kappa shape index (κ2) is 9.90. The number of carbonyl (C=O) groups is 1. The maximum absolute atomic E-state index is 12.6. The number of benzene rings is 1. The Kier molecular flexibility index (Phi) is 6.78. The molecule has 1 aliphatic rings. The molecule has 11 heteroatoms. The van der Waals surface area contributed by atoms with Gasteiger partial charge in [-0.15, -0.1) is 0 Å². The molecular weight excluding hydrogens is 426 g/mol. The minimum absolute atomic E-state index is 0.158. The highest BCUT2D eigenvalue weighted by Gasteiger charge is 2.22. The van der Waals surface area contributed by atoms with Crippen molar-refractivity contribution in [3.63, 3.8) is 0 Å². The summed E-state index contributed by atoms with van der Waals surface area (Å²) in [6, 6.07) is 7.10. The molecule has 1 N–H and O–H groups in total. The van der Waals surface area contributed by atoms with Gasteiger partial charge in [-0.1, -0.05) is 35.7 Å². The van der Waals surface area contributed by atoms with Crippen LogP contribution in [0, 0.1) is 6.92 Å². The Bertz CT molecular complexity index is 1230. The van der Waals surface area contributed by atoms with E-state index < -0.39 is 17.2 Å². The number of nitrogens with zero attached hydrogens (tertiary/aromatic N) is 6. The molecule has 0 radical (unpaired) electrons. The fourth-order valence-electron chi connectivity index (χ4n) is 3.74. The molecule has 2 aromatic heterocycles. The normalized spacial score (nSPS) is 14.7. The van der Waals surface area contributed by atoms with Crippen molar-refractivity contribution >= 4 is 5.91 Å². The number of amides is 1. The van der Waals surface area contributed by atoms with Gasteiger partial charge in [-0.25, -0.2) is 4.79 Å². The minimum Gasteiger partial charge on any atom is -0.347 e. The van der Waals surface area contributed by atoms with Crippen LogP contribution in [-0.2, 0) is 7.05 Å². The maximum atomic E-state index is 12.6. The SMILES string of the molecule is Cc1ccc(-n2nc(-c3noc(C(=O)NCCN4CCCCCC4)n3)c(=O)n(C)c2=O)cc1. The van der Waals surface area contributed by atoms with Crippen molar-refractivity contribution in [1.82, 2.24) is 34.7 Å². The van der Waals surface area contributed by atoms with E-state index in [4.69, 9.17) is 4.52 Å². The highest BCUT2D eigenvalue weighted by Crippen LogP contribution is 2.11. The first-order valence-corrected chi connectivity index (χ1v) is 11.1. The lowest BCUT2D eigenvalue weighted by Gasteiger charge is -2.19. The Balaban J connectivity index is 1.51. The van der Waals surface area contributed by atoms with E-state index in [1.807, 2.05) is 19.1 Å². The van der Waals surface area contributed by atoms with Gasteiger partial charge in [-0.3, -0.25) is 14.2 Å². The zero-order valence-electron chi connectivity index (χ0n) is 18.8. The lowest BCUT2D eigenvalue weighted by molar-refractivity contribution is 0.0904. The molecule has 0 unspecified atom stereocenters. The second-order valence-electron chi connectivity index (χ2n) is 8.18. The summed E-state index contributed by atoms with van der Waals surface area (Å²) < 4.78 is 7.07. The summed E-state index contributed by atoms with van der Waals surface area (Å²) >= 11 is 0. The first-order valence-electron chi connectivity index (χ1n) is 11.1. The molecule has 174 valence electrons. The van der Waals surface area contributed by atoms with Gasteiger partial charge >= 0.3 is 17.5 Å². The third kappa shape index (κ3) is 5.08. The van der Waals surface area contributed by atoms with Crippen LogP contribution >= 0.6 is 0 Å². The largest absolute Gasteiger partial charge is 0.351 e. The molecule has 0 saturated carbocycles. The first-order chi connectivity index (χ1) is 15.9. The lowest BCUT2D eigenvalue weighted by atomic mass is 10.2. The summed E-state index contributed by atoms with van der Waals surface area (Å²) in [4.78, 5) is 44.0. The van der Waals surface area contributed by atoms with Crippen LogP contribution in [0.2, 0.25) is 0 Å². The fraction of sp³-hybridized carbons (Fsp3) is 0.455. The molecule has 3 heterocycles. The number of aromatic nitrogens is 5. The van der Waals surface area contributed by atoms with E-state index in [1.165, 1.54) is 32.7 Å². The molecule has 1 aromatic carbocycles. The van der Waals surface area contributed by atoms with E-state index in [-0.39, 0.29) is 17.4 Å². The number of nitrogens with one attached hydrogen (secondary N) is 1. The van der Waals surface area contributed by atoms with Gasteiger partial charge in [0.25, 0.3) is 5.56 Å². The second-order valence-corrected chi connectivity index (χ2v) is 8.18. The zero-order chi connectivity index (χ0) is 23.4. The Labute approximate surface area is 190 Å². The highest BCUT2D eigenvalue weighted by atomic mass is 16.5. The van der Waals surface area contributed by atoms with Crippen molar-refractivity contribution in [2.45, 2.75) is 32.6 Å². The Morgan fingerprint density at radius 3 is 2.48 bits per heavy atom. The molecule has 1 fully saturated rings. The predicted molar refractivity (Wildman–Crippen MR) is 120 cm³/mol. The number of rotatable bonds is 6. The lowest BCUT2D eigenvalue weighted by Crippen LogP contribution is -2.40.